The van der Waals surface area contributed by atoms with Gasteiger partial charge in [0.05, 0.1) is 13.2 Å². The van der Waals surface area contributed by atoms with E-state index in [0.29, 0.717) is 55.0 Å². The third-order valence-electron chi connectivity index (χ3n) is 5.82. The number of imidazole rings is 2. The molecule has 5 aromatic rings. The van der Waals surface area contributed by atoms with Crippen molar-refractivity contribution < 1.29 is 64.7 Å². The van der Waals surface area contributed by atoms with Crippen LogP contribution in [0.5, 0.6) is 17.2 Å². The third kappa shape index (κ3) is 12.3. The summed E-state index contributed by atoms with van der Waals surface area (Å²) in [5.74, 6) is -2.42. The second kappa shape index (κ2) is 16.8. The highest BCUT2D eigenvalue weighted by molar-refractivity contribution is 5.76. The minimum Gasteiger partial charge on any atom is -0.493 e. The van der Waals surface area contributed by atoms with Gasteiger partial charge in [0, 0.05) is 43.7 Å². The number of hydrogen-bond donors (Lipinski definition) is 3. The zero-order chi connectivity index (χ0) is 36.2. The molecule has 3 N–H and O–H groups in total. The number of aliphatic carboxylic acids is 2. The summed E-state index contributed by atoms with van der Waals surface area (Å²) in [6.45, 7) is 1.20. The summed E-state index contributed by atoms with van der Waals surface area (Å²) in [6.07, 6.45) is -4.18. The predicted molar refractivity (Wildman–Crippen MR) is 156 cm³/mol. The van der Waals surface area contributed by atoms with Crippen molar-refractivity contribution >= 4 is 23.1 Å². The van der Waals surface area contributed by atoms with Gasteiger partial charge in [-0.2, -0.15) is 26.3 Å². The zero-order valence-electron chi connectivity index (χ0n) is 25.1. The molecule has 0 aliphatic carbocycles. The van der Waals surface area contributed by atoms with E-state index in [1.807, 2.05) is 48.1 Å². The molecule has 0 bridgehead atoms. The molecule has 0 spiro atoms. The molecular formula is C30H26F7N5O7. The molecule has 0 saturated carbocycles. The van der Waals surface area contributed by atoms with E-state index in [1.165, 1.54) is 12.1 Å². The van der Waals surface area contributed by atoms with Gasteiger partial charge in [0.1, 0.15) is 46.8 Å². The van der Waals surface area contributed by atoms with Crippen molar-refractivity contribution in [1.82, 2.24) is 24.5 Å². The number of carboxylic acids is 2. The van der Waals surface area contributed by atoms with Gasteiger partial charge in [0.15, 0.2) is 5.65 Å². The molecule has 12 nitrogen and oxygen atoms in total. The Labute approximate surface area is 271 Å². The first kappa shape index (κ1) is 37.6. The Balaban J connectivity index is 0.000000392. The van der Waals surface area contributed by atoms with E-state index in [9.17, 15) is 30.7 Å². The van der Waals surface area contributed by atoms with Gasteiger partial charge in [-0.05, 0) is 48.5 Å². The molecule has 0 aliphatic rings. The fourth-order valence-corrected chi connectivity index (χ4v) is 3.51. The van der Waals surface area contributed by atoms with E-state index in [-0.39, 0.29) is 5.82 Å². The third-order valence-corrected chi connectivity index (χ3v) is 5.82. The largest absolute Gasteiger partial charge is 0.493 e. The lowest BCUT2D eigenvalue weighted by molar-refractivity contribution is -0.193. The monoisotopic (exact) mass is 701 g/mol. The molecule has 0 saturated heterocycles. The summed E-state index contributed by atoms with van der Waals surface area (Å²) in [6, 6.07) is 15.4. The highest BCUT2D eigenvalue weighted by Crippen LogP contribution is 2.30. The molecule has 0 aliphatic heterocycles. The first-order valence-corrected chi connectivity index (χ1v) is 13.7. The van der Waals surface area contributed by atoms with Crippen molar-refractivity contribution in [2.45, 2.75) is 25.4 Å². The fourth-order valence-electron chi connectivity index (χ4n) is 3.51. The van der Waals surface area contributed by atoms with Gasteiger partial charge >= 0.3 is 24.3 Å². The number of pyridine rings is 1. The van der Waals surface area contributed by atoms with E-state index in [1.54, 1.807) is 24.5 Å². The smallest absolute Gasteiger partial charge is 0.490 e. The van der Waals surface area contributed by atoms with Crippen LogP contribution in [0.3, 0.4) is 0 Å². The lowest BCUT2D eigenvalue weighted by Gasteiger charge is -2.12. The summed E-state index contributed by atoms with van der Waals surface area (Å²) in [5.41, 5.74) is 2.31. The Morgan fingerprint density at radius 3 is 1.92 bits per heavy atom. The van der Waals surface area contributed by atoms with Crippen LogP contribution in [0.2, 0.25) is 0 Å². The van der Waals surface area contributed by atoms with E-state index < -0.39 is 24.3 Å². The summed E-state index contributed by atoms with van der Waals surface area (Å²) >= 11 is 0. The normalized spacial score (nSPS) is 11.1. The number of aromatic amines is 1. The molecule has 5 rings (SSSR count). The van der Waals surface area contributed by atoms with Gasteiger partial charge in [0.2, 0.25) is 0 Å². The first-order chi connectivity index (χ1) is 23.0. The van der Waals surface area contributed by atoms with Gasteiger partial charge in [-0.1, -0.05) is 0 Å². The van der Waals surface area contributed by atoms with Crippen LogP contribution in [0.25, 0.3) is 22.6 Å². The lowest BCUT2D eigenvalue weighted by atomic mass is 10.2. The van der Waals surface area contributed by atoms with Crippen LogP contribution in [0.4, 0.5) is 30.7 Å². The van der Waals surface area contributed by atoms with Gasteiger partial charge in [-0.25, -0.2) is 28.9 Å². The van der Waals surface area contributed by atoms with Crippen LogP contribution in [-0.2, 0) is 23.2 Å². The quantitative estimate of drug-likeness (QED) is 0.113. The molecular weight excluding hydrogens is 675 g/mol. The van der Waals surface area contributed by atoms with Crippen molar-refractivity contribution in [3.05, 3.63) is 84.8 Å². The number of fused-ring (bicyclic) bond motifs is 1. The maximum absolute atomic E-state index is 13.0. The Bertz CT molecular complexity index is 1770. The van der Waals surface area contributed by atoms with Crippen molar-refractivity contribution in [2.24, 2.45) is 7.05 Å². The molecule has 3 heterocycles. The summed E-state index contributed by atoms with van der Waals surface area (Å²) in [5, 5.41) is 14.2. The van der Waals surface area contributed by atoms with E-state index in [0.717, 1.165) is 16.9 Å². The highest BCUT2D eigenvalue weighted by Gasteiger charge is 2.38. The van der Waals surface area contributed by atoms with Crippen LogP contribution in [0.15, 0.2) is 73.2 Å². The van der Waals surface area contributed by atoms with Crippen LogP contribution in [0.1, 0.15) is 12.2 Å². The maximum Gasteiger partial charge on any atom is 0.490 e. The topological polar surface area (TPSA) is 162 Å². The Morgan fingerprint density at radius 2 is 1.39 bits per heavy atom. The number of H-pyrrole nitrogens is 1. The lowest BCUT2D eigenvalue weighted by Crippen LogP contribution is -2.21. The second-order valence-corrected chi connectivity index (χ2v) is 9.50. The standard InChI is InChI=1S/C26H24FN5O3.2C2HF3O2/c1-32-11-10-28-24(32)17-35-22-15-18(25-30-23-4-2-9-29-26(23)31-25)14-21(16-22)34-13-3-12-33-20-7-5-19(27)6-8-20;2*3-2(4,5)1(6)7/h2,4-11,14-16H,3,12-13,17H2,1H3,(H,29,30,31);2*(H,6,7). The summed E-state index contributed by atoms with van der Waals surface area (Å²) in [4.78, 5) is 34.3. The Morgan fingerprint density at radius 1 is 0.816 bits per heavy atom. The van der Waals surface area contributed by atoms with E-state index >= 15 is 0 Å². The minimum atomic E-state index is -5.08. The highest BCUT2D eigenvalue weighted by atomic mass is 19.4. The van der Waals surface area contributed by atoms with Crippen LogP contribution in [0, 0.1) is 5.82 Å². The molecule has 0 unspecified atom stereocenters. The second-order valence-electron chi connectivity index (χ2n) is 9.50. The number of rotatable bonds is 10. The number of carbonyl (C=O) groups is 2. The number of nitrogens with zero attached hydrogens (tertiary/aromatic N) is 4. The van der Waals surface area contributed by atoms with Gasteiger partial charge in [-0.3, -0.25) is 0 Å². The fraction of sp³-hybridized carbons (Fsp3) is 0.233. The molecule has 262 valence electrons. The average Bonchev–Trinajstić information content (AvgIpc) is 3.66. The van der Waals surface area contributed by atoms with Gasteiger partial charge < -0.3 is 34.0 Å². The first-order valence-electron chi connectivity index (χ1n) is 13.7. The van der Waals surface area contributed by atoms with E-state index in [4.69, 9.17) is 34.0 Å². The summed E-state index contributed by atoms with van der Waals surface area (Å²) in [7, 11) is 1.92. The number of carboxylic acid groups (broad SMARTS) is 2. The SMILES string of the molecule is Cn1ccnc1COc1cc(OCCCOc2ccc(F)cc2)cc(-c2nc3cccnc3[nH]2)c1.O=C(O)C(F)(F)F.O=C(O)C(F)(F)F. The molecule has 3 aromatic heterocycles. The Hall–Kier alpha value is -5.88. The molecule has 19 heteroatoms. The van der Waals surface area contributed by atoms with Gasteiger partial charge in [-0.15, -0.1) is 0 Å². The minimum absolute atomic E-state index is 0.290. The van der Waals surface area contributed by atoms with Crippen LogP contribution >= 0.6 is 0 Å². The van der Waals surface area contributed by atoms with Crippen molar-refractivity contribution in [2.75, 3.05) is 13.2 Å². The molecule has 0 radical (unpaired) electrons. The zero-order valence-corrected chi connectivity index (χ0v) is 25.1. The molecule has 2 aromatic carbocycles. The van der Waals surface area contributed by atoms with E-state index in [2.05, 4.69) is 19.9 Å². The number of ether oxygens (including phenoxy) is 3. The van der Waals surface area contributed by atoms with Crippen molar-refractivity contribution in [3.63, 3.8) is 0 Å². The Kier molecular flexibility index (Phi) is 12.9. The van der Waals surface area contributed by atoms with Crippen LogP contribution in [-0.4, -0.2) is 72.2 Å². The number of halogens is 7. The number of benzene rings is 2. The molecule has 49 heavy (non-hydrogen) atoms. The number of hydrogen-bond acceptors (Lipinski definition) is 8. The molecule has 0 atom stereocenters. The average molecular weight is 702 g/mol. The number of aromatic nitrogens is 5. The summed E-state index contributed by atoms with van der Waals surface area (Å²) < 4.78 is 96.1. The van der Waals surface area contributed by atoms with Crippen molar-refractivity contribution in [1.29, 1.82) is 0 Å². The van der Waals surface area contributed by atoms with Crippen LogP contribution < -0.4 is 14.2 Å². The van der Waals surface area contributed by atoms with Crippen molar-refractivity contribution in [3.8, 4) is 28.6 Å². The number of nitrogens with one attached hydrogen (secondary N) is 1. The number of aryl methyl sites for hydroxylation is 1. The molecule has 0 amide bonds. The molecule has 0 fully saturated rings. The maximum atomic E-state index is 13.0. The predicted octanol–water partition coefficient (Wildman–Crippen LogP) is 6.19. The van der Waals surface area contributed by atoms with Gasteiger partial charge in [0.25, 0.3) is 0 Å². The number of alkyl halides is 6.